The van der Waals surface area contributed by atoms with Crippen LogP contribution in [-0.2, 0) is 0 Å². The third-order valence-electron chi connectivity index (χ3n) is 2.09. The molecule has 0 radical (unpaired) electrons. The number of nitrogen functional groups attached to an aromatic ring is 2. The Morgan fingerprint density at radius 1 is 1.12 bits per heavy atom. The smallest absolute Gasteiger partial charge is 0.225 e. The van der Waals surface area contributed by atoms with Crippen molar-refractivity contribution in [2.75, 3.05) is 18.6 Å². The molecule has 0 bridgehead atoms. The first-order valence-electron chi connectivity index (χ1n) is 4.71. The second-order valence-corrected chi connectivity index (χ2v) is 3.63. The summed E-state index contributed by atoms with van der Waals surface area (Å²) in [4.78, 5) is 11.6. The lowest BCUT2D eigenvalue weighted by atomic mass is 10.2. The molecule has 1 aromatic heterocycles. The fraction of sp³-hybridized carbons (Fsp3) is 0.100. The zero-order valence-corrected chi connectivity index (χ0v) is 9.77. The normalized spacial score (nSPS) is 10.2. The molecule has 2 rings (SSSR count). The molecule has 2 aromatic rings. The van der Waals surface area contributed by atoms with E-state index >= 15 is 0 Å². The molecule has 7 heteroatoms. The number of halogens is 1. The fourth-order valence-corrected chi connectivity index (χ4v) is 1.59. The van der Waals surface area contributed by atoms with Crippen molar-refractivity contribution in [1.82, 2.24) is 15.0 Å². The number of hydrogen-bond donors (Lipinski definition) is 2. The molecule has 1 aromatic carbocycles. The molecule has 0 unspecified atom stereocenters. The third kappa shape index (κ3) is 2.36. The van der Waals surface area contributed by atoms with Crippen LogP contribution in [0.3, 0.4) is 0 Å². The van der Waals surface area contributed by atoms with E-state index in [0.29, 0.717) is 22.2 Å². The molecular weight excluding hydrogens is 242 g/mol. The Bertz CT molecular complexity index is 540. The number of ether oxygens (including phenoxy) is 1. The van der Waals surface area contributed by atoms with Gasteiger partial charge in [0.15, 0.2) is 5.82 Å². The summed E-state index contributed by atoms with van der Waals surface area (Å²) >= 11 is 6.09. The summed E-state index contributed by atoms with van der Waals surface area (Å²) in [5.74, 6) is 1.09. The number of aromatic nitrogens is 3. The van der Waals surface area contributed by atoms with E-state index in [9.17, 15) is 0 Å². The summed E-state index contributed by atoms with van der Waals surface area (Å²) in [5, 5.41) is 0.453. The minimum absolute atomic E-state index is 0.0550. The summed E-state index contributed by atoms with van der Waals surface area (Å²) in [6, 6.07) is 5.14. The van der Waals surface area contributed by atoms with E-state index in [1.54, 1.807) is 25.3 Å². The molecular formula is C10H10ClN5O. The Kier molecular flexibility index (Phi) is 2.97. The minimum atomic E-state index is 0.0550. The van der Waals surface area contributed by atoms with Crippen LogP contribution in [0.4, 0.5) is 11.9 Å². The zero-order valence-electron chi connectivity index (χ0n) is 9.01. The van der Waals surface area contributed by atoms with E-state index in [2.05, 4.69) is 15.0 Å². The Hall–Kier alpha value is -2.08. The van der Waals surface area contributed by atoms with Gasteiger partial charge in [0.05, 0.1) is 12.1 Å². The van der Waals surface area contributed by atoms with Gasteiger partial charge in [0, 0.05) is 5.56 Å². The SMILES string of the molecule is COc1ccc(-c2nc(N)nc(N)n2)c(Cl)c1. The maximum Gasteiger partial charge on any atom is 0.225 e. The highest BCUT2D eigenvalue weighted by Gasteiger charge is 2.09. The first-order chi connectivity index (χ1) is 8.10. The Balaban J connectivity index is 2.52. The highest BCUT2D eigenvalue weighted by atomic mass is 35.5. The number of hydrogen-bond acceptors (Lipinski definition) is 6. The van der Waals surface area contributed by atoms with Gasteiger partial charge in [-0.15, -0.1) is 0 Å². The molecule has 0 spiro atoms. The van der Waals surface area contributed by atoms with Crippen molar-refractivity contribution in [1.29, 1.82) is 0 Å². The van der Waals surface area contributed by atoms with Crippen LogP contribution in [0.15, 0.2) is 18.2 Å². The lowest BCUT2D eigenvalue weighted by Crippen LogP contribution is -2.04. The van der Waals surface area contributed by atoms with Crippen LogP contribution in [0, 0.1) is 0 Å². The molecule has 0 saturated heterocycles. The van der Waals surface area contributed by atoms with Gasteiger partial charge in [-0.05, 0) is 18.2 Å². The molecule has 0 aliphatic rings. The van der Waals surface area contributed by atoms with E-state index in [1.165, 1.54) is 0 Å². The quantitative estimate of drug-likeness (QED) is 0.836. The van der Waals surface area contributed by atoms with Crippen LogP contribution in [0.25, 0.3) is 11.4 Å². The van der Waals surface area contributed by atoms with Crippen LogP contribution >= 0.6 is 11.6 Å². The molecule has 17 heavy (non-hydrogen) atoms. The van der Waals surface area contributed by atoms with Crippen LogP contribution < -0.4 is 16.2 Å². The Morgan fingerprint density at radius 3 is 2.29 bits per heavy atom. The summed E-state index contributed by atoms with van der Waals surface area (Å²) < 4.78 is 5.05. The van der Waals surface area contributed by atoms with Gasteiger partial charge in [-0.3, -0.25) is 0 Å². The molecule has 0 fully saturated rings. The van der Waals surface area contributed by atoms with Gasteiger partial charge in [-0.2, -0.15) is 15.0 Å². The highest BCUT2D eigenvalue weighted by Crippen LogP contribution is 2.29. The van der Waals surface area contributed by atoms with Crippen molar-refractivity contribution >= 4 is 23.5 Å². The molecule has 1 heterocycles. The van der Waals surface area contributed by atoms with Gasteiger partial charge in [-0.1, -0.05) is 11.6 Å². The van der Waals surface area contributed by atoms with Crippen molar-refractivity contribution < 1.29 is 4.74 Å². The van der Waals surface area contributed by atoms with Crippen molar-refractivity contribution in [2.45, 2.75) is 0 Å². The average molecular weight is 252 g/mol. The van der Waals surface area contributed by atoms with Gasteiger partial charge in [-0.25, -0.2) is 0 Å². The summed E-state index contributed by atoms with van der Waals surface area (Å²) in [5.41, 5.74) is 11.6. The number of methoxy groups -OCH3 is 1. The minimum Gasteiger partial charge on any atom is -0.497 e. The zero-order chi connectivity index (χ0) is 12.4. The van der Waals surface area contributed by atoms with Crippen molar-refractivity contribution in [2.24, 2.45) is 0 Å². The van der Waals surface area contributed by atoms with E-state index in [4.69, 9.17) is 27.8 Å². The Morgan fingerprint density at radius 2 is 1.76 bits per heavy atom. The number of anilines is 2. The lowest BCUT2D eigenvalue weighted by molar-refractivity contribution is 0.415. The Labute approximate surface area is 103 Å². The van der Waals surface area contributed by atoms with Crippen molar-refractivity contribution in [3.8, 4) is 17.1 Å². The maximum absolute atomic E-state index is 6.09. The molecule has 0 saturated carbocycles. The van der Waals surface area contributed by atoms with Crippen LogP contribution in [-0.4, -0.2) is 22.1 Å². The molecule has 0 amide bonds. The van der Waals surface area contributed by atoms with E-state index < -0.39 is 0 Å². The van der Waals surface area contributed by atoms with E-state index in [0.717, 1.165) is 0 Å². The van der Waals surface area contributed by atoms with E-state index in [1.807, 2.05) is 0 Å². The topological polar surface area (TPSA) is 99.9 Å². The average Bonchev–Trinajstić information content (AvgIpc) is 2.27. The van der Waals surface area contributed by atoms with E-state index in [-0.39, 0.29) is 11.9 Å². The first kappa shape index (κ1) is 11.4. The van der Waals surface area contributed by atoms with Crippen LogP contribution in [0.2, 0.25) is 5.02 Å². The monoisotopic (exact) mass is 251 g/mol. The third-order valence-corrected chi connectivity index (χ3v) is 2.40. The number of rotatable bonds is 2. The first-order valence-corrected chi connectivity index (χ1v) is 5.09. The lowest BCUT2D eigenvalue weighted by Gasteiger charge is -2.06. The largest absolute Gasteiger partial charge is 0.497 e. The van der Waals surface area contributed by atoms with Gasteiger partial charge in [0.1, 0.15) is 5.75 Å². The van der Waals surface area contributed by atoms with Gasteiger partial charge in [0.2, 0.25) is 11.9 Å². The molecule has 0 aliphatic carbocycles. The predicted molar refractivity (Wildman–Crippen MR) is 65.6 cm³/mol. The van der Waals surface area contributed by atoms with Gasteiger partial charge < -0.3 is 16.2 Å². The van der Waals surface area contributed by atoms with Crippen LogP contribution in [0.5, 0.6) is 5.75 Å². The predicted octanol–water partition coefficient (Wildman–Crippen LogP) is 1.36. The molecule has 88 valence electrons. The highest BCUT2D eigenvalue weighted by molar-refractivity contribution is 6.33. The standard InChI is InChI=1S/C10H10ClN5O/c1-17-5-2-3-6(7(11)4-5)8-14-9(12)16-10(13)15-8/h2-4H,1H3,(H4,12,13,14,15,16). The maximum atomic E-state index is 6.09. The fourth-order valence-electron chi connectivity index (χ4n) is 1.33. The second kappa shape index (κ2) is 4.42. The number of benzene rings is 1. The van der Waals surface area contributed by atoms with Gasteiger partial charge >= 0.3 is 0 Å². The summed E-state index contributed by atoms with van der Waals surface area (Å²) in [7, 11) is 1.56. The molecule has 6 nitrogen and oxygen atoms in total. The number of nitrogens with zero attached hydrogens (tertiary/aromatic N) is 3. The van der Waals surface area contributed by atoms with Crippen LogP contribution in [0.1, 0.15) is 0 Å². The van der Waals surface area contributed by atoms with Crippen molar-refractivity contribution in [3.05, 3.63) is 23.2 Å². The summed E-state index contributed by atoms with van der Waals surface area (Å²) in [6.45, 7) is 0. The van der Waals surface area contributed by atoms with Crippen molar-refractivity contribution in [3.63, 3.8) is 0 Å². The summed E-state index contributed by atoms with van der Waals surface area (Å²) in [6.07, 6.45) is 0. The molecule has 0 aliphatic heterocycles. The molecule has 0 atom stereocenters. The van der Waals surface area contributed by atoms with Gasteiger partial charge in [0.25, 0.3) is 0 Å². The number of nitrogens with two attached hydrogens (primary N) is 2. The molecule has 4 N–H and O–H groups in total. The second-order valence-electron chi connectivity index (χ2n) is 3.22.